The number of carbonyl (C=O) groups is 1. The third kappa shape index (κ3) is 4.28. The van der Waals surface area contributed by atoms with Crippen molar-refractivity contribution in [1.29, 1.82) is 0 Å². The van der Waals surface area contributed by atoms with Crippen molar-refractivity contribution >= 4 is 31.7 Å². The fourth-order valence-electron chi connectivity index (χ4n) is 1.29. The number of halogens is 1. The van der Waals surface area contributed by atoms with Gasteiger partial charge in [-0.3, -0.25) is 0 Å². The fraction of sp³-hybridized carbons (Fsp3) is 0.500. The highest BCUT2D eigenvalue weighted by Gasteiger charge is 2.27. The Kier molecular flexibility index (Phi) is 4.73. The Hall–Kier alpha value is -0.950. The maximum absolute atomic E-state index is 12.0. The van der Waals surface area contributed by atoms with Crippen LogP contribution in [-0.4, -0.2) is 30.7 Å². The van der Waals surface area contributed by atoms with Crippen molar-refractivity contribution < 1.29 is 17.9 Å². The number of carbonyl (C=O) groups excluding carboxylic acids is 1. The monoisotopic (exact) mass is 349 g/mol. The molecule has 0 saturated heterocycles. The van der Waals surface area contributed by atoms with Gasteiger partial charge in [0.2, 0.25) is 0 Å². The van der Waals surface area contributed by atoms with Crippen molar-refractivity contribution in [2.45, 2.75) is 38.2 Å². The summed E-state index contributed by atoms with van der Waals surface area (Å²) >= 11 is 3.15. The Morgan fingerprint density at radius 2 is 2.00 bits per heavy atom. The van der Waals surface area contributed by atoms with Crippen LogP contribution >= 0.6 is 15.9 Å². The van der Waals surface area contributed by atoms with Crippen LogP contribution in [0.4, 0.5) is 0 Å². The molecule has 0 amide bonds. The average molecular weight is 350 g/mol. The highest BCUT2D eigenvalue weighted by molar-refractivity contribution is 9.10. The summed E-state index contributed by atoms with van der Waals surface area (Å²) < 4.78 is 29.6. The normalized spacial score (nSPS) is 12.3. The zero-order valence-electron chi connectivity index (χ0n) is 11.2. The first-order valence-electron chi connectivity index (χ1n) is 5.68. The minimum atomic E-state index is -3.55. The summed E-state index contributed by atoms with van der Waals surface area (Å²) in [4.78, 5) is 15.8. The molecular weight excluding hydrogens is 334 g/mol. The molecule has 1 aromatic rings. The van der Waals surface area contributed by atoms with Crippen molar-refractivity contribution in [3.63, 3.8) is 0 Å². The number of aromatic nitrogens is 1. The van der Waals surface area contributed by atoms with Crippen LogP contribution in [0.25, 0.3) is 0 Å². The van der Waals surface area contributed by atoms with Gasteiger partial charge in [0, 0.05) is 10.7 Å². The Morgan fingerprint density at radius 3 is 2.47 bits per heavy atom. The molecule has 0 aliphatic carbocycles. The number of rotatable bonds is 3. The van der Waals surface area contributed by atoms with Gasteiger partial charge in [-0.05, 0) is 42.8 Å². The molecule has 0 aromatic carbocycles. The molecule has 1 heterocycles. The molecule has 0 unspecified atom stereocenters. The summed E-state index contributed by atoms with van der Waals surface area (Å²) in [5.41, 5.74) is -0.890. The summed E-state index contributed by atoms with van der Waals surface area (Å²) in [5.74, 6) is -0.854. The standard InChI is InChI=1S/C12H16BrNO4S/c1-5-19(16,17)9-6-8(13)7-14-10(9)11(15)18-12(2,3)4/h6-7H,5H2,1-4H3. The Bertz CT molecular complexity index is 590. The lowest BCUT2D eigenvalue weighted by Crippen LogP contribution is -2.26. The molecule has 0 atom stereocenters. The van der Waals surface area contributed by atoms with Gasteiger partial charge in [0.15, 0.2) is 15.5 Å². The molecule has 0 aliphatic rings. The molecule has 0 aliphatic heterocycles. The topological polar surface area (TPSA) is 73.3 Å². The van der Waals surface area contributed by atoms with Crippen LogP contribution in [0.5, 0.6) is 0 Å². The SMILES string of the molecule is CCS(=O)(=O)c1cc(Br)cnc1C(=O)OC(C)(C)C. The second-order valence-electron chi connectivity index (χ2n) is 4.91. The second-order valence-corrected chi connectivity index (χ2v) is 8.07. The third-order valence-corrected chi connectivity index (χ3v) is 4.30. The molecule has 0 fully saturated rings. The minimum absolute atomic E-state index is 0.110. The predicted molar refractivity (Wildman–Crippen MR) is 74.8 cm³/mol. The molecule has 7 heteroatoms. The van der Waals surface area contributed by atoms with Crippen LogP contribution in [0.1, 0.15) is 38.2 Å². The molecular formula is C12H16BrNO4S. The zero-order valence-corrected chi connectivity index (χ0v) is 13.6. The van der Waals surface area contributed by atoms with E-state index >= 15 is 0 Å². The van der Waals surface area contributed by atoms with E-state index < -0.39 is 21.4 Å². The first-order chi connectivity index (χ1) is 8.57. The predicted octanol–water partition coefficient (Wildman–Crippen LogP) is 2.59. The van der Waals surface area contributed by atoms with Crippen molar-refractivity contribution in [3.8, 4) is 0 Å². The lowest BCUT2D eigenvalue weighted by atomic mass is 10.2. The molecule has 0 bridgehead atoms. The third-order valence-electron chi connectivity index (χ3n) is 2.13. The van der Waals surface area contributed by atoms with Gasteiger partial charge in [-0.2, -0.15) is 0 Å². The largest absolute Gasteiger partial charge is 0.455 e. The summed E-state index contributed by atoms with van der Waals surface area (Å²) in [6.45, 7) is 6.63. The number of sulfone groups is 1. The first-order valence-corrected chi connectivity index (χ1v) is 8.13. The van der Waals surface area contributed by atoms with Crippen LogP contribution in [-0.2, 0) is 14.6 Å². The number of ether oxygens (including phenoxy) is 1. The van der Waals surface area contributed by atoms with Crippen LogP contribution in [0.3, 0.4) is 0 Å². The van der Waals surface area contributed by atoms with Gasteiger partial charge in [-0.15, -0.1) is 0 Å². The summed E-state index contributed by atoms with van der Waals surface area (Å²) in [7, 11) is -3.55. The van der Waals surface area contributed by atoms with E-state index in [9.17, 15) is 13.2 Å². The maximum Gasteiger partial charge on any atom is 0.358 e. The van der Waals surface area contributed by atoms with E-state index in [-0.39, 0.29) is 16.3 Å². The Labute approximate surface area is 121 Å². The zero-order chi connectivity index (χ0) is 14.8. The van der Waals surface area contributed by atoms with Gasteiger partial charge in [0.25, 0.3) is 0 Å². The van der Waals surface area contributed by atoms with Crippen LogP contribution in [0.2, 0.25) is 0 Å². The number of hydrogen-bond acceptors (Lipinski definition) is 5. The molecule has 0 N–H and O–H groups in total. The van der Waals surface area contributed by atoms with Gasteiger partial charge in [0.05, 0.1) is 5.75 Å². The van der Waals surface area contributed by atoms with E-state index in [2.05, 4.69) is 20.9 Å². The fourth-order valence-corrected chi connectivity index (χ4v) is 2.82. The van der Waals surface area contributed by atoms with Crippen molar-refractivity contribution in [3.05, 3.63) is 22.4 Å². The molecule has 1 aromatic heterocycles. The summed E-state index contributed by atoms with van der Waals surface area (Å²) in [5, 5.41) is 0. The first kappa shape index (κ1) is 16.1. The number of nitrogens with zero attached hydrogens (tertiary/aromatic N) is 1. The molecule has 0 saturated carbocycles. The van der Waals surface area contributed by atoms with Gasteiger partial charge >= 0.3 is 5.97 Å². The number of hydrogen-bond donors (Lipinski definition) is 0. The highest BCUT2D eigenvalue weighted by atomic mass is 79.9. The van der Waals surface area contributed by atoms with Gasteiger partial charge < -0.3 is 4.74 Å². The van der Waals surface area contributed by atoms with E-state index in [0.717, 1.165) is 0 Å². The average Bonchev–Trinajstić information content (AvgIpc) is 2.26. The lowest BCUT2D eigenvalue weighted by molar-refractivity contribution is 0.00580. The lowest BCUT2D eigenvalue weighted by Gasteiger charge is -2.20. The van der Waals surface area contributed by atoms with Crippen molar-refractivity contribution in [2.24, 2.45) is 0 Å². The van der Waals surface area contributed by atoms with E-state index in [1.807, 2.05) is 0 Å². The molecule has 5 nitrogen and oxygen atoms in total. The van der Waals surface area contributed by atoms with Crippen LogP contribution < -0.4 is 0 Å². The van der Waals surface area contributed by atoms with Gasteiger partial charge in [-0.25, -0.2) is 18.2 Å². The van der Waals surface area contributed by atoms with Crippen molar-refractivity contribution in [2.75, 3.05) is 5.75 Å². The van der Waals surface area contributed by atoms with Crippen LogP contribution in [0.15, 0.2) is 21.6 Å². The summed E-state index contributed by atoms with van der Waals surface area (Å²) in [6.07, 6.45) is 1.37. The van der Waals surface area contributed by atoms with Gasteiger partial charge in [0.1, 0.15) is 10.5 Å². The number of esters is 1. The molecule has 106 valence electrons. The van der Waals surface area contributed by atoms with Crippen LogP contribution in [0, 0.1) is 0 Å². The Morgan fingerprint density at radius 1 is 1.42 bits per heavy atom. The van der Waals surface area contributed by atoms with E-state index in [4.69, 9.17) is 4.74 Å². The van der Waals surface area contributed by atoms with E-state index in [1.165, 1.54) is 19.2 Å². The maximum atomic E-state index is 12.0. The summed E-state index contributed by atoms with van der Waals surface area (Å²) in [6, 6.07) is 1.37. The van der Waals surface area contributed by atoms with E-state index in [0.29, 0.717) is 4.47 Å². The molecule has 0 spiro atoms. The molecule has 1 rings (SSSR count). The molecule has 19 heavy (non-hydrogen) atoms. The Balaban J connectivity index is 3.33. The minimum Gasteiger partial charge on any atom is -0.455 e. The van der Waals surface area contributed by atoms with E-state index in [1.54, 1.807) is 20.8 Å². The number of pyridine rings is 1. The smallest absolute Gasteiger partial charge is 0.358 e. The quantitative estimate of drug-likeness (QED) is 0.784. The second kappa shape index (κ2) is 5.58. The highest BCUT2D eigenvalue weighted by Crippen LogP contribution is 2.22. The van der Waals surface area contributed by atoms with Gasteiger partial charge in [-0.1, -0.05) is 6.92 Å². The molecule has 0 radical (unpaired) electrons. The van der Waals surface area contributed by atoms with Crippen molar-refractivity contribution in [1.82, 2.24) is 4.98 Å².